The van der Waals surface area contributed by atoms with Crippen LogP contribution < -0.4 is 9.62 Å². The number of nitrogens with one attached hydrogen (secondary N) is 1. The van der Waals surface area contributed by atoms with E-state index in [1.165, 1.54) is 4.90 Å². The first-order valence-corrected chi connectivity index (χ1v) is 8.70. The first-order chi connectivity index (χ1) is 11.4. The second kappa shape index (κ2) is 6.29. The Labute approximate surface area is 138 Å². The lowest BCUT2D eigenvalue weighted by Crippen LogP contribution is -2.41. The molecule has 0 saturated carbocycles. The number of hydrogen-bond acceptors (Lipinski definition) is 3. The van der Waals surface area contributed by atoms with Crippen molar-refractivity contribution in [3.8, 4) is 0 Å². The topological polar surface area (TPSA) is 66.5 Å². The molecule has 0 bridgehead atoms. The van der Waals surface area contributed by atoms with E-state index in [4.69, 9.17) is 0 Å². The summed E-state index contributed by atoms with van der Waals surface area (Å²) in [7, 11) is -4.27. The molecule has 1 aliphatic heterocycles. The quantitative estimate of drug-likeness (QED) is 0.916. The predicted molar refractivity (Wildman–Crippen MR) is 83.9 cm³/mol. The normalized spacial score (nSPS) is 18.2. The van der Waals surface area contributed by atoms with Crippen LogP contribution in [-0.2, 0) is 14.8 Å². The van der Waals surface area contributed by atoms with E-state index in [9.17, 15) is 22.0 Å². The maximum atomic E-state index is 13.7. The lowest BCUT2D eigenvalue weighted by Gasteiger charge is -2.17. The SMILES string of the molecule is O=C1[C@@H](NS(=O)(=O)c2ccc(F)cc2F)CCN1c1ccccc1. The van der Waals surface area contributed by atoms with E-state index in [0.717, 1.165) is 12.1 Å². The van der Waals surface area contributed by atoms with Crippen molar-refractivity contribution in [1.29, 1.82) is 0 Å². The van der Waals surface area contributed by atoms with Crippen LogP contribution in [0.5, 0.6) is 0 Å². The highest BCUT2D eigenvalue weighted by molar-refractivity contribution is 7.89. The van der Waals surface area contributed by atoms with Crippen LogP contribution in [0.2, 0.25) is 0 Å². The molecule has 0 spiro atoms. The van der Waals surface area contributed by atoms with Gasteiger partial charge >= 0.3 is 0 Å². The number of rotatable bonds is 4. The summed E-state index contributed by atoms with van der Waals surface area (Å²) in [5, 5.41) is 0. The standard InChI is InChI=1S/C16H14F2N2O3S/c17-11-6-7-15(13(18)10-11)24(22,23)19-14-8-9-20(16(14)21)12-4-2-1-3-5-12/h1-7,10,14,19H,8-9H2/t14-/m0/s1. The van der Waals surface area contributed by atoms with E-state index in [1.807, 2.05) is 6.07 Å². The van der Waals surface area contributed by atoms with Gasteiger partial charge < -0.3 is 4.90 Å². The summed E-state index contributed by atoms with van der Waals surface area (Å²) in [6.07, 6.45) is 0.260. The van der Waals surface area contributed by atoms with Gasteiger partial charge in [-0.1, -0.05) is 18.2 Å². The third-order valence-corrected chi connectivity index (χ3v) is 5.26. The first kappa shape index (κ1) is 16.5. The van der Waals surface area contributed by atoms with Crippen molar-refractivity contribution in [2.45, 2.75) is 17.4 Å². The summed E-state index contributed by atoms with van der Waals surface area (Å²) in [6, 6.07) is 10.0. The minimum Gasteiger partial charge on any atom is -0.311 e. The average molecular weight is 352 g/mol. The molecule has 3 rings (SSSR count). The first-order valence-electron chi connectivity index (χ1n) is 7.22. The van der Waals surface area contributed by atoms with Gasteiger partial charge in [0.2, 0.25) is 15.9 Å². The average Bonchev–Trinajstić information content (AvgIpc) is 2.88. The van der Waals surface area contributed by atoms with Gasteiger partial charge in [-0.25, -0.2) is 17.2 Å². The van der Waals surface area contributed by atoms with Gasteiger partial charge in [0.1, 0.15) is 22.6 Å². The van der Waals surface area contributed by atoms with Gasteiger partial charge in [0, 0.05) is 18.3 Å². The Morgan fingerprint density at radius 1 is 1.08 bits per heavy atom. The zero-order valence-corrected chi connectivity index (χ0v) is 13.3. The van der Waals surface area contributed by atoms with E-state index in [2.05, 4.69) is 4.72 Å². The molecule has 126 valence electrons. The van der Waals surface area contributed by atoms with Gasteiger partial charge in [-0.05, 0) is 30.7 Å². The molecular weight excluding hydrogens is 338 g/mol. The van der Waals surface area contributed by atoms with Crippen LogP contribution in [-0.4, -0.2) is 26.9 Å². The molecule has 0 radical (unpaired) electrons. The fourth-order valence-electron chi connectivity index (χ4n) is 2.60. The Hall–Kier alpha value is -2.32. The Morgan fingerprint density at radius 2 is 1.79 bits per heavy atom. The third-order valence-electron chi connectivity index (χ3n) is 3.75. The molecule has 0 aliphatic carbocycles. The number of nitrogens with zero attached hydrogens (tertiary/aromatic N) is 1. The van der Waals surface area contributed by atoms with Crippen molar-refractivity contribution in [2.24, 2.45) is 0 Å². The molecule has 8 heteroatoms. The van der Waals surface area contributed by atoms with Crippen molar-refractivity contribution in [1.82, 2.24) is 4.72 Å². The highest BCUT2D eigenvalue weighted by Crippen LogP contribution is 2.23. The van der Waals surface area contributed by atoms with Gasteiger partial charge in [0.25, 0.3) is 0 Å². The smallest absolute Gasteiger partial charge is 0.245 e. The van der Waals surface area contributed by atoms with Crippen LogP contribution >= 0.6 is 0 Å². The molecule has 1 aliphatic rings. The highest BCUT2D eigenvalue weighted by atomic mass is 32.2. The fourth-order valence-corrected chi connectivity index (χ4v) is 3.88. The minimum absolute atomic E-state index is 0.260. The van der Waals surface area contributed by atoms with E-state index < -0.39 is 38.5 Å². The van der Waals surface area contributed by atoms with Crippen molar-refractivity contribution < 1.29 is 22.0 Å². The fraction of sp³-hybridized carbons (Fsp3) is 0.188. The number of para-hydroxylation sites is 1. The van der Waals surface area contributed by atoms with Crippen LogP contribution in [0.15, 0.2) is 53.4 Å². The number of anilines is 1. The molecule has 1 heterocycles. The maximum Gasteiger partial charge on any atom is 0.245 e. The maximum absolute atomic E-state index is 13.7. The molecule has 1 amide bonds. The van der Waals surface area contributed by atoms with Crippen LogP contribution in [0.3, 0.4) is 0 Å². The molecule has 2 aromatic carbocycles. The van der Waals surface area contributed by atoms with Gasteiger partial charge in [-0.3, -0.25) is 4.79 Å². The molecule has 0 unspecified atom stereocenters. The molecule has 1 fully saturated rings. The second-order valence-electron chi connectivity index (χ2n) is 5.36. The van der Waals surface area contributed by atoms with Gasteiger partial charge in [-0.15, -0.1) is 0 Å². The van der Waals surface area contributed by atoms with E-state index in [-0.39, 0.29) is 6.42 Å². The number of carbonyl (C=O) groups excluding carboxylic acids is 1. The van der Waals surface area contributed by atoms with Crippen LogP contribution in [0.25, 0.3) is 0 Å². The van der Waals surface area contributed by atoms with Crippen LogP contribution in [0.1, 0.15) is 6.42 Å². The number of carbonyl (C=O) groups is 1. The molecule has 5 nitrogen and oxygen atoms in total. The van der Waals surface area contributed by atoms with Gasteiger partial charge in [0.05, 0.1) is 0 Å². The zero-order valence-electron chi connectivity index (χ0n) is 12.4. The van der Waals surface area contributed by atoms with E-state index in [1.54, 1.807) is 24.3 Å². The summed E-state index contributed by atoms with van der Waals surface area (Å²) in [5.41, 5.74) is 0.664. The molecule has 24 heavy (non-hydrogen) atoms. The number of hydrogen-bond donors (Lipinski definition) is 1. The Bertz CT molecular complexity index is 872. The Balaban J connectivity index is 1.80. The molecule has 1 atom stereocenters. The predicted octanol–water partition coefficient (Wildman–Crippen LogP) is 2.05. The molecule has 0 aromatic heterocycles. The van der Waals surface area contributed by atoms with Gasteiger partial charge in [-0.2, -0.15) is 4.72 Å². The largest absolute Gasteiger partial charge is 0.311 e. The minimum atomic E-state index is -4.27. The van der Waals surface area contributed by atoms with Crippen molar-refractivity contribution in [3.63, 3.8) is 0 Å². The summed E-state index contributed by atoms with van der Waals surface area (Å²) >= 11 is 0. The molecule has 1 N–H and O–H groups in total. The monoisotopic (exact) mass is 352 g/mol. The summed E-state index contributed by atoms with van der Waals surface area (Å²) in [4.78, 5) is 13.2. The van der Waals surface area contributed by atoms with Crippen LogP contribution in [0.4, 0.5) is 14.5 Å². The Morgan fingerprint density at radius 3 is 2.46 bits per heavy atom. The Kier molecular flexibility index (Phi) is 4.33. The summed E-state index contributed by atoms with van der Waals surface area (Å²) in [6.45, 7) is 0.349. The van der Waals surface area contributed by atoms with Crippen molar-refractivity contribution in [2.75, 3.05) is 11.4 Å². The third kappa shape index (κ3) is 3.15. The lowest BCUT2D eigenvalue weighted by atomic mass is 10.3. The summed E-state index contributed by atoms with van der Waals surface area (Å²) < 4.78 is 53.4. The highest BCUT2D eigenvalue weighted by Gasteiger charge is 2.36. The van der Waals surface area contributed by atoms with Crippen LogP contribution in [0, 0.1) is 11.6 Å². The molecular formula is C16H14F2N2O3S. The molecule has 1 saturated heterocycles. The molecule has 2 aromatic rings. The van der Waals surface area contributed by atoms with E-state index >= 15 is 0 Å². The number of halogens is 2. The second-order valence-corrected chi connectivity index (χ2v) is 7.05. The zero-order chi connectivity index (χ0) is 17.3. The van der Waals surface area contributed by atoms with Gasteiger partial charge in [0.15, 0.2) is 0 Å². The van der Waals surface area contributed by atoms with Crippen molar-refractivity contribution >= 4 is 21.6 Å². The lowest BCUT2D eigenvalue weighted by molar-refractivity contribution is -0.118. The number of benzene rings is 2. The van der Waals surface area contributed by atoms with Crippen molar-refractivity contribution in [3.05, 3.63) is 60.2 Å². The summed E-state index contributed by atoms with van der Waals surface area (Å²) in [5.74, 6) is -2.49. The van der Waals surface area contributed by atoms with E-state index in [0.29, 0.717) is 18.3 Å². The number of sulfonamides is 1. The number of amides is 1.